The zero-order valence-corrected chi connectivity index (χ0v) is 17.0. The molecule has 1 aliphatic heterocycles. The van der Waals surface area contributed by atoms with Crippen LogP contribution >= 0.6 is 11.6 Å². The molecule has 1 fully saturated rings. The molecule has 0 spiro atoms. The second kappa shape index (κ2) is 9.30. The zero-order valence-electron chi connectivity index (χ0n) is 16.2. The van der Waals surface area contributed by atoms with Crippen molar-refractivity contribution >= 4 is 17.6 Å². The van der Waals surface area contributed by atoms with E-state index in [1.165, 1.54) is 0 Å². The fourth-order valence-corrected chi connectivity index (χ4v) is 4.02. The van der Waals surface area contributed by atoms with Crippen molar-refractivity contribution in [1.82, 2.24) is 4.90 Å². The van der Waals surface area contributed by atoms with Crippen molar-refractivity contribution in [2.45, 2.75) is 25.8 Å². The van der Waals surface area contributed by atoms with Crippen LogP contribution in [0.15, 0.2) is 42.5 Å². The van der Waals surface area contributed by atoms with Crippen molar-refractivity contribution < 1.29 is 19.4 Å². The zero-order chi connectivity index (χ0) is 20.1. The number of hydrogen-bond acceptors (Lipinski definition) is 4. The minimum absolute atomic E-state index is 0.145. The van der Waals surface area contributed by atoms with E-state index in [1.807, 2.05) is 49.4 Å². The predicted molar refractivity (Wildman–Crippen MR) is 109 cm³/mol. The maximum Gasteiger partial charge on any atom is 0.307 e. The lowest BCUT2D eigenvalue weighted by Gasteiger charge is -2.38. The topological polar surface area (TPSA) is 59.0 Å². The Balaban J connectivity index is 2.06. The molecule has 0 saturated carbocycles. The first-order valence-electron chi connectivity index (χ1n) is 9.56. The van der Waals surface area contributed by atoms with Gasteiger partial charge in [0.2, 0.25) is 0 Å². The molecule has 0 amide bonds. The summed E-state index contributed by atoms with van der Waals surface area (Å²) in [6, 6.07) is 13.4. The van der Waals surface area contributed by atoms with Crippen LogP contribution in [0, 0.1) is 5.92 Å². The number of carboxylic acid groups (broad SMARTS) is 1. The summed E-state index contributed by atoms with van der Waals surface area (Å²) in [5, 5.41) is 10.2. The summed E-state index contributed by atoms with van der Waals surface area (Å²) in [6.45, 7) is 3.80. The highest BCUT2D eigenvalue weighted by atomic mass is 35.5. The van der Waals surface area contributed by atoms with E-state index in [-0.39, 0.29) is 12.0 Å². The smallest absolute Gasteiger partial charge is 0.307 e. The Labute approximate surface area is 170 Å². The number of rotatable bonds is 7. The van der Waals surface area contributed by atoms with Crippen LogP contribution in [0.4, 0.5) is 0 Å². The van der Waals surface area contributed by atoms with E-state index in [4.69, 9.17) is 21.1 Å². The van der Waals surface area contributed by atoms with Crippen molar-refractivity contribution in [3.63, 3.8) is 0 Å². The minimum Gasteiger partial charge on any atom is -0.497 e. The molecule has 0 aliphatic carbocycles. The lowest BCUT2D eigenvalue weighted by Crippen LogP contribution is -2.41. The summed E-state index contributed by atoms with van der Waals surface area (Å²) >= 11 is 6.33. The largest absolute Gasteiger partial charge is 0.497 e. The summed E-state index contributed by atoms with van der Waals surface area (Å²) in [5.41, 5.74) is 2.00. The van der Waals surface area contributed by atoms with Gasteiger partial charge in [0.05, 0.1) is 25.7 Å². The van der Waals surface area contributed by atoms with Gasteiger partial charge in [-0.3, -0.25) is 9.69 Å². The highest BCUT2D eigenvalue weighted by Gasteiger charge is 2.32. The van der Waals surface area contributed by atoms with Crippen LogP contribution < -0.4 is 9.47 Å². The number of carboxylic acids is 1. The maximum absolute atomic E-state index is 11.6. The van der Waals surface area contributed by atoms with Gasteiger partial charge in [0.1, 0.15) is 11.5 Å². The third kappa shape index (κ3) is 4.59. The summed E-state index contributed by atoms with van der Waals surface area (Å²) in [7, 11) is 1.64. The van der Waals surface area contributed by atoms with Gasteiger partial charge < -0.3 is 14.6 Å². The first kappa shape index (κ1) is 20.5. The van der Waals surface area contributed by atoms with E-state index in [9.17, 15) is 9.90 Å². The van der Waals surface area contributed by atoms with E-state index in [1.54, 1.807) is 7.11 Å². The quantitative estimate of drug-likeness (QED) is 0.730. The molecule has 2 unspecified atom stereocenters. The average Bonchev–Trinajstić information content (AvgIpc) is 2.71. The van der Waals surface area contributed by atoms with Crippen molar-refractivity contribution in [1.29, 1.82) is 0 Å². The molecule has 6 heteroatoms. The Bertz CT molecular complexity index is 809. The first-order chi connectivity index (χ1) is 13.5. The molecule has 1 heterocycles. The molecule has 2 aromatic carbocycles. The minimum atomic E-state index is -0.741. The number of ether oxygens (including phenoxy) is 2. The standard InChI is InChI=1S/C22H26ClNO4/c1-3-28-20-11-8-17(23)13-19(20)21(15-6-9-18(27-2)10-7-15)24-12-4-5-16(14-24)22(25)26/h6-11,13,16,21H,3-5,12,14H2,1-2H3,(H,25,26). The Hall–Kier alpha value is -2.24. The summed E-state index contributed by atoms with van der Waals surface area (Å²) in [4.78, 5) is 13.8. The summed E-state index contributed by atoms with van der Waals surface area (Å²) in [6.07, 6.45) is 1.54. The summed E-state index contributed by atoms with van der Waals surface area (Å²) < 4.78 is 11.2. The van der Waals surface area contributed by atoms with Crippen molar-refractivity contribution in [3.05, 3.63) is 58.6 Å². The maximum atomic E-state index is 11.6. The monoisotopic (exact) mass is 403 g/mol. The first-order valence-corrected chi connectivity index (χ1v) is 9.94. The van der Waals surface area contributed by atoms with Crippen LogP contribution in [-0.4, -0.2) is 42.8 Å². The van der Waals surface area contributed by atoms with E-state index < -0.39 is 5.97 Å². The average molecular weight is 404 g/mol. The highest BCUT2D eigenvalue weighted by molar-refractivity contribution is 6.30. The van der Waals surface area contributed by atoms with Crippen LogP contribution in [0.5, 0.6) is 11.5 Å². The van der Waals surface area contributed by atoms with Gasteiger partial charge in [-0.05, 0) is 62.2 Å². The second-order valence-corrected chi connectivity index (χ2v) is 7.40. The molecule has 3 rings (SSSR count). The lowest BCUT2D eigenvalue weighted by molar-refractivity contribution is -0.143. The van der Waals surface area contributed by atoms with Crippen LogP contribution in [0.1, 0.15) is 36.9 Å². The number of benzene rings is 2. The molecule has 0 aromatic heterocycles. The third-order valence-electron chi connectivity index (χ3n) is 5.16. The molecule has 1 N–H and O–H groups in total. The number of carbonyl (C=O) groups is 1. The van der Waals surface area contributed by atoms with E-state index in [2.05, 4.69) is 4.90 Å². The van der Waals surface area contributed by atoms with Crippen molar-refractivity contribution in [2.24, 2.45) is 5.92 Å². The molecule has 1 saturated heterocycles. The van der Waals surface area contributed by atoms with Gasteiger partial charge in [0.25, 0.3) is 0 Å². The van der Waals surface area contributed by atoms with Gasteiger partial charge in [-0.1, -0.05) is 23.7 Å². The fraction of sp³-hybridized carbons (Fsp3) is 0.409. The normalized spacial score (nSPS) is 18.5. The molecule has 1 aliphatic rings. The molecular formula is C22H26ClNO4. The molecule has 0 radical (unpaired) electrons. The number of hydrogen-bond donors (Lipinski definition) is 1. The van der Waals surface area contributed by atoms with Crippen LogP contribution in [0.3, 0.4) is 0 Å². The van der Waals surface area contributed by atoms with Crippen LogP contribution in [0.2, 0.25) is 5.02 Å². The van der Waals surface area contributed by atoms with E-state index >= 15 is 0 Å². The van der Waals surface area contributed by atoms with E-state index in [0.717, 1.165) is 35.6 Å². The van der Waals surface area contributed by atoms with E-state index in [0.29, 0.717) is 24.6 Å². The molecule has 0 bridgehead atoms. The van der Waals surface area contributed by atoms with Crippen LogP contribution in [-0.2, 0) is 4.79 Å². The van der Waals surface area contributed by atoms with Gasteiger partial charge in [-0.15, -0.1) is 0 Å². The van der Waals surface area contributed by atoms with Gasteiger partial charge >= 0.3 is 5.97 Å². The molecule has 150 valence electrons. The number of piperidine rings is 1. The van der Waals surface area contributed by atoms with Gasteiger partial charge in [-0.2, -0.15) is 0 Å². The van der Waals surface area contributed by atoms with Crippen LogP contribution in [0.25, 0.3) is 0 Å². The van der Waals surface area contributed by atoms with Crippen molar-refractivity contribution in [2.75, 3.05) is 26.8 Å². The van der Waals surface area contributed by atoms with Gasteiger partial charge in [0.15, 0.2) is 0 Å². The molecule has 2 atom stereocenters. The van der Waals surface area contributed by atoms with Crippen molar-refractivity contribution in [3.8, 4) is 11.5 Å². The number of nitrogens with zero attached hydrogens (tertiary/aromatic N) is 1. The second-order valence-electron chi connectivity index (χ2n) is 6.96. The third-order valence-corrected chi connectivity index (χ3v) is 5.40. The SMILES string of the molecule is CCOc1ccc(Cl)cc1C(c1ccc(OC)cc1)N1CCCC(C(=O)O)C1. The Morgan fingerprint density at radius 3 is 2.68 bits per heavy atom. The van der Waals surface area contributed by atoms with Gasteiger partial charge in [0, 0.05) is 17.1 Å². The molecular weight excluding hydrogens is 378 g/mol. The highest BCUT2D eigenvalue weighted by Crippen LogP contribution is 2.39. The number of aliphatic carboxylic acids is 1. The lowest BCUT2D eigenvalue weighted by atomic mass is 9.91. The number of halogens is 1. The predicted octanol–water partition coefficient (Wildman–Crippen LogP) is 4.63. The molecule has 2 aromatic rings. The molecule has 28 heavy (non-hydrogen) atoms. The fourth-order valence-electron chi connectivity index (χ4n) is 3.84. The number of methoxy groups -OCH3 is 1. The summed E-state index contributed by atoms with van der Waals surface area (Å²) in [5.74, 6) is 0.435. The Morgan fingerprint density at radius 1 is 1.29 bits per heavy atom. The number of likely N-dealkylation sites (tertiary alicyclic amines) is 1. The Morgan fingerprint density at radius 2 is 2.04 bits per heavy atom. The Kier molecular flexibility index (Phi) is 6.81. The van der Waals surface area contributed by atoms with Gasteiger partial charge in [-0.25, -0.2) is 0 Å². The molecule has 5 nitrogen and oxygen atoms in total.